The van der Waals surface area contributed by atoms with Crippen molar-refractivity contribution in [1.29, 1.82) is 0 Å². The molecule has 10 aromatic carbocycles. The van der Waals surface area contributed by atoms with Gasteiger partial charge in [-0.15, -0.1) is 0 Å². The van der Waals surface area contributed by atoms with E-state index < -0.39 is 23.5 Å². The van der Waals surface area contributed by atoms with Crippen molar-refractivity contribution in [1.82, 2.24) is 0 Å². The Kier molecular flexibility index (Phi) is 18.7. The fourth-order valence-corrected chi connectivity index (χ4v) is 10.2. The van der Waals surface area contributed by atoms with Crippen LogP contribution in [-0.4, -0.2) is 0 Å². The van der Waals surface area contributed by atoms with Crippen molar-refractivity contribution >= 4 is 66.0 Å². The number of nitrogen functional groups attached to an aromatic ring is 1. The second-order valence-corrected chi connectivity index (χ2v) is 21.2. The van der Waals surface area contributed by atoms with E-state index in [1.54, 1.807) is 6.07 Å². The molecule has 0 fully saturated rings. The molecule has 2 aliphatic carbocycles. The highest BCUT2D eigenvalue weighted by atomic mass is 79.9. The number of fused-ring (bicyclic) bond motifs is 6. The first kappa shape index (κ1) is 57.3. The molecular weight excluding hydrogens is 1130 g/mol. The number of anilines is 6. The average molecular weight is 1190 g/mol. The second kappa shape index (κ2) is 25.7. The van der Waals surface area contributed by atoms with E-state index in [1.165, 1.54) is 106 Å². The van der Waals surface area contributed by atoms with Gasteiger partial charge in [0.2, 0.25) is 0 Å². The molecule has 0 aromatic heterocycles. The van der Waals surface area contributed by atoms with Crippen molar-refractivity contribution in [2.24, 2.45) is 0 Å². The number of hydrogen-bond donors (Lipinski definition) is 2. The maximum absolute atomic E-state index is 11.9. The first-order valence-corrected chi connectivity index (χ1v) is 27.0. The highest BCUT2D eigenvalue weighted by molar-refractivity contribution is 9.10. The molecule has 79 heavy (non-hydrogen) atoms. The monoisotopic (exact) mass is 1190 g/mol. The maximum Gasteiger partial charge on any atom is 0.416 e. The van der Waals surface area contributed by atoms with Crippen LogP contribution in [0.1, 0.15) is 55.6 Å². The largest absolute Gasteiger partial charge is 0.416 e. The van der Waals surface area contributed by atoms with E-state index in [1.807, 2.05) is 0 Å². The van der Waals surface area contributed by atoms with Crippen LogP contribution >= 0.6 is 31.9 Å². The van der Waals surface area contributed by atoms with Crippen LogP contribution in [0.25, 0.3) is 22.3 Å². The molecule has 3 nitrogen and oxygen atoms in total. The molecule has 400 valence electrons. The molecule has 0 saturated carbocycles. The van der Waals surface area contributed by atoms with Gasteiger partial charge in [-0.3, -0.25) is 0 Å². The maximum atomic E-state index is 11.9. The Morgan fingerprint density at radius 1 is 0.367 bits per heavy atom. The van der Waals surface area contributed by atoms with E-state index in [0.717, 1.165) is 48.5 Å². The van der Waals surface area contributed by atoms with Gasteiger partial charge in [0.25, 0.3) is 0 Å². The van der Waals surface area contributed by atoms with Crippen LogP contribution in [0.3, 0.4) is 0 Å². The Morgan fingerprint density at radius 2 is 0.772 bits per heavy atom. The van der Waals surface area contributed by atoms with Crippen LogP contribution in [0.4, 0.5) is 60.5 Å². The first-order chi connectivity index (χ1) is 37.8. The number of aryl methyl sites for hydroxylation is 4. The van der Waals surface area contributed by atoms with Crippen molar-refractivity contribution in [3.05, 3.63) is 295 Å². The fraction of sp³-hybridized carbons (Fsp3) is 0.118. The number of benzene rings is 10. The third-order valence-electron chi connectivity index (χ3n) is 13.0. The van der Waals surface area contributed by atoms with Crippen molar-refractivity contribution in [3.8, 4) is 22.3 Å². The summed E-state index contributed by atoms with van der Waals surface area (Å²) in [6.45, 7) is 8.50. The van der Waals surface area contributed by atoms with Crippen LogP contribution in [-0.2, 0) is 25.2 Å². The zero-order valence-electron chi connectivity index (χ0n) is 43.9. The van der Waals surface area contributed by atoms with E-state index in [0.29, 0.717) is 4.47 Å². The summed E-state index contributed by atoms with van der Waals surface area (Å²) < 4.78 is 73.2. The molecule has 0 amide bonds. The average Bonchev–Trinajstić information content (AvgIpc) is 4.13. The number of hydrogen-bond acceptors (Lipinski definition) is 3. The lowest BCUT2D eigenvalue weighted by Gasteiger charge is -2.26. The predicted octanol–water partition coefficient (Wildman–Crippen LogP) is 21.2. The molecule has 0 spiro atoms. The quantitative estimate of drug-likeness (QED) is 0.133. The normalized spacial score (nSPS) is 11.5. The summed E-state index contributed by atoms with van der Waals surface area (Å²) in [6, 6.07) is 74.6. The van der Waals surface area contributed by atoms with Gasteiger partial charge in [0, 0.05) is 43.1 Å². The van der Waals surface area contributed by atoms with Gasteiger partial charge >= 0.3 is 12.4 Å². The molecule has 0 aliphatic heterocycles. The molecule has 0 saturated heterocycles. The van der Waals surface area contributed by atoms with E-state index in [-0.39, 0.29) is 5.69 Å². The Hall–Kier alpha value is -7.86. The first-order valence-electron chi connectivity index (χ1n) is 25.4. The van der Waals surface area contributed by atoms with Gasteiger partial charge < -0.3 is 16.0 Å². The summed E-state index contributed by atoms with van der Waals surface area (Å²) in [5.41, 5.74) is 26.1. The molecule has 10 aromatic rings. The van der Waals surface area contributed by atoms with Gasteiger partial charge in [-0.2, -0.15) is 26.3 Å². The molecule has 12 rings (SSSR count). The van der Waals surface area contributed by atoms with Crippen LogP contribution in [0, 0.1) is 27.7 Å². The minimum Gasteiger partial charge on any atom is -0.399 e. The molecule has 0 radical (unpaired) electrons. The van der Waals surface area contributed by atoms with Gasteiger partial charge in [-0.25, -0.2) is 0 Å². The summed E-state index contributed by atoms with van der Waals surface area (Å²) >= 11 is 6.46. The Balaban J connectivity index is 0.000000138. The Bertz CT molecular complexity index is 3560. The predicted molar refractivity (Wildman–Crippen MR) is 322 cm³/mol. The van der Waals surface area contributed by atoms with Crippen molar-refractivity contribution in [2.75, 3.05) is 16.0 Å². The lowest BCUT2D eigenvalue weighted by molar-refractivity contribution is -0.138. The van der Waals surface area contributed by atoms with E-state index in [2.05, 4.69) is 252 Å². The summed E-state index contributed by atoms with van der Waals surface area (Å²) in [5.74, 6) is 0. The summed E-state index contributed by atoms with van der Waals surface area (Å²) in [4.78, 5) is 2.36. The molecule has 2 aliphatic rings. The van der Waals surface area contributed by atoms with Gasteiger partial charge in [0.1, 0.15) is 0 Å². The van der Waals surface area contributed by atoms with Gasteiger partial charge in [-0.1, -0.05) is 153 Å². The minimum atomic E-state index is -4.30. The number of rotatable bonds is 5. The molecule has 0 atom stereocenters. The summed E-state index contributed by atoms with van der Waals surface area (Å²) in [6.07, 6.45) is -6.46. The molecular formula is C68H57Br2F6N3. The summed E-state index contributed by atoms with van der Waals surface area (Å²) in [7, 11) is 0. The Labute approximate surface area is 475 Å². The Morgan fingerprint density at radius 3 is 1.23 bits per heavy atom. The van der Waals surface area contributed by atoms with Crippen LogP contribution in [0.2, 0.25) is 0 Å². The van der Waals surface area contributed by atoms with Gasteiger partial charge in [-0.05, 0) is 216 Å². The van der Waals surface area contributed by atoms with E-state index in [4.69, 9.17) is 5.73 Å². The molecule has 11 heteroatoms. The minimum absolute atomic E-state index is 0.125. The molecule has 0 heterocycles. The van der Waals surface area contributed by atoms with E-state index >= 15 is 0 Å². The standard InChI is InChI=1S/C27H23N.C14H15N.C13H9Br.C7H4BrF3.C7H6F3N/c1-19-7-5-10-23(15-19)28(24-11-6-8-20(2)16-24)25-13-14-27-22(18-25)17-21-9-3-4-12-26(21)27;1-11-5-3-7-13(9-11)15-14-8-4-6-12(2)10-14;14-11-5-6-13-10(8-11)7-9-3-1-2-4-12(9)13;8-6-3-1-2-5(4-6)7(9,10)11;8-7(9,10)5-2-1-3-6(11)4-5/h3-16,18H,17H2,1-2H3;3-10,15H,1-2H3;1-6,8H,7H2;1-4H;1-4H,11H2. The number of nitrogens with one attached hydrogen (secondary N) is 1. The number of halogens is 8. The SMILES string of the molecule is Brc1ccc2c(c1)Cc1ccccc1-2.Cc1cccc(N(c2cccc(C)c2)c2ccc3c(c2)Cc2ccccc2-3)c1.Cc1cccc(Nc2cccc(C)c2)c1.FC(F)(F)c1cccc(Br)c1.Nc1cccc(C(F)(F)F)c1. The number of alkyl halides is 6. The highest BCUT2D eigenvalue weighted by Gasteiger charge is 2.31. The highest BCUT2D eigenvalue weighted by Crippen LogP contribution is 2.43. The van der Waals surface area contributed by atoms with Crippen molar-refractivity contribution < 1.29 is 26.3 Å². The second-order valence-electron chi connectivity index (χ2n) is 19.3. The molecule has 0 unspecified atom stereocenters. The summed E-state index contributed by atoms with van der Waals surface area (Å²) in [5, 5.41) is 3.39. The smallest absolute Gasteiger partial charge is 0.399 e. The zero-order chi connectivity index (χ0) is 56.3. The molecule has 0 bridgehead atoms. The van der Waals surface area contributed by atoms with Crippen molar-refractivity contribution in [3.63, 3.8) is 0 Å². The zero-order valence-corrected chi connectivity index (χ0v) is 47.1. The lowest BCUT2D eigenvalue weighted by Crippen LogP contribution is -2.10. The third-order valence-corrected chi connectivity index (χ3v) is 14.0. The number of nitrogens with two attached hydrogens (primary N) is 1. The van der Waals surface area contributed by atoms with Crippen LogP contribution in [0.5, 0.6) is 0 Å². The third kappa shape index (κ3) is 15.7. The lowest BCUT2D eigenvalue weighted by atomic mass is 10.0. The van der Waals surface area contributed by atoms with Crippen LogP contribution in [0.15, 0.2) is 239 Å². The molecule has 3 N–H and O–H groups in total. The van der Waals surface area contributed by atoms with Crippen molar-refractivity contribution in [2.45, 2.75) is 52.9 Å². The van der Waals surface area contributed by atoms with Gasteiger partial charge in [0.15, 0.2) is 0 Å². The number of nitrogens with zero attached hydrogens (tertiary/aromatic N) is 1. The van der Waals surface area contributed by atoms with Gasteiger partial charge in [0.05, 0.1) is 11.1 Å². The fourth-order valence-electron chi connectivity index (χ4n) is 9.36. The van der Waals surface area contributed by atoms with E-state index in [9.17, 15) is 26.3 Å². The van der Waals surface area contributed by atoms with Crippen LogP contribution < -0.4 is 16.0 Å². The topological polar surface area (TPSA) is 41.3 Å².